The number of amides is 2. The Morgan fingerprint density at radius 3 is 2.38 bits per heavy atom. The van der Waals surface area contributed by atoms with Gasteiger partial charge < -0.3 is 9.84 Å². The average molecular weight is 416 g/mol. The molecule has 0 bridgehead atoms. The summed E-state index contributed by atoms with van der Waals surface area (Å²) in [5, 5.41) is 10.7. The summed E-state index contributed by atoms with van der Waals surface area (Å²) in [5.74, 6) is 1.85. The van der Waals surface area contributed by atoms with E-state index in [9.17, 15) is 14.7 Å². The predicted octanol–water partition coefficient (Wildman–Crippen LogP) is 4.01. The molecule has 1 saturated heterocycles. The zero-order valence-electron chi connectivity index (χ0n) is 18.0. The largest absolute Gasteiger partial charge is 0.447 e. The molecule has 158 valence electrons. The molecule has 1 aliphatic rings. The number of benzene rings is 1. The highest BCUT2D eigenvalue weighted by atomic mass is 28.3. The maximum absolute atomic E-state index is 13.2. The lowest BCUT2D eigenvalue weighted by molar-refractivity contribution is -0.136. The van der Waals surface area contributed by atoms with E-state index < -0.39 is 32.1 Å². The van der Waals surface area contributed by atoms with Crippen molar-refractivity contribution < 1.29 is 19.4 Å². The highest BCUT2D eigenvalue weighted by Gasteiger charge is 2.42. The molecule has 1 aliphatic heterocycles. The lowest BCUT2D eigenvalue weighted by Gasteiger charge is -2.26. The topological polar surface area (TPSA) is 66.8 Å². The summed E-state index contributed by atoms with van der Waals surface area (Å²) in [6, 6.07) is 12.4. The van der Waals surface area contributed by atoms with Gasteiger partial charge in [0.2, 0.25) is 5.91 Å². The van der Waals surface area contributed by atoms with Crippen LogP contribution in [-0.4, -0.2) is 48.8 Å². The summed E-state index contributed by atoms with van der Waals surface area (Å²) in [5.41, 5.74) is 4.39. The van der Waals surface area contributed by atoms with Crippen LogP contribution in [0.4, 0.5) is 4.79 Å². The molecule has 29 heavy (non-hydrogen) atoms. The van der Waals surface area contributed by atoms with E-state index >= 15 is 0 Å². The van der Waals surface area contributed by atoms with E-state index in [1.165, 1.54) is 4.90 Å². The normalized spacial score (nSPS) is 18.6. The van der Waals surface area contributed by atoms with Crippen molar-refractivity contribution in [3.63, 3.8) is 0 Å². The third-order valence-corrected chi connectivity index (χ3v) is 10.9. The van der Waals surface area contributed by atoms with Gasteiger partial charge in [0, 0.05) is 0 Å². The molecule has 1 heterocycles. The summed E-state index contributed by atoms with van der Waals surface area (Å²) >= 11 is 0. The van der Waals surface area contributed by atoms with Gasteiger partial charge in [-0.05, 0) is 36.5 Å². The summed E-state index contributed by atoms with van der Waals surface area (Å²) in [4.78, 5) is 26.6. The molecule has 1 aromatic carbocycles. The summed E-state index contributed by atoms with van der Waals surface area (Å²) in [6.45, 7) is 8.46. The number of ether oxygens (including phenoxy) is 1. The predicted molar refractivity (Wildman–Crippen MR) is 117 cm³/mol. The molecule has 1 N–H and O–H groups in total. The minimum atomic E-state index is -1.72. The van der Waals surface area contributed by atoms with Crippen molar-refractivity contribution in [2.45, 2.75) is 70.8 Å². The molecule has 0 saturated carbocycles. The molecule has 1 aromatic rings. The highest BCUT2D eigenvalue weighted by molar-refractivity contribution is 6.87. The number of hydrogen-bond donors (Lipinski definition) is 1. The van der Waals surface area contributed by atoms with Crippen LogP contribution in [0.15, 0.2) is 30.3 Å². The monoisotopic (exact) mass is 415 g/mol. The number of nitrogens with zero attached hydrogens (tertiary/aromatic N) is 1. The first-order chi connectivity index (χ1) is 13.9. The highest BCUT2D eigenvalue weighted by Crippen LogP contribution is 2.24. The first-order valence-electron chi connectivity index (χ1n) is 10.7. The Kier molecular flexibility index (Phi) is 8.48. The van der Waals surface area contributed by atoms with Crippen molar-refractivity contribution in [2.75, 3.05) is 6.61 Å². The standard InChI is InChI=1S/C23H33NO4Si/c1-5-20(21(25)14-15-29(6-2,7-3)8-4)22(26)24-19(17-28-23(24)27)16-18-12-10-9-11-13-18/h9-13,19-21,25H,5-8,16-17H2,1-4H3/t19-,20-,21+/m1/s1. The van der Waals surface area contributed by atoms with Crippen LogP contribution in [0, 0.1) is 17.4 Å². The average Bonchev–Trinajstić information content (AvgIpc) is 3.10. The second kappa shape index (κ2) is 10.6. The molecule has 6 heteroatoms. The molecular formula is C23H33NO4Si. The number of rotatable bonds is 8. The molecule has 2 amide bonds. The number of aliphatic hydroxyl groups excluding tert-OH is 1. The Morgan fingerprint density at radius 1 is 1.21 bits per heavy atom. The first kappa shape index (κ1) is 23.2. The van der Waals surface area contributed by atoms with Gasteiger partial charge in [-0.25, -0.2) is 9.69 Å². The number of hydrogen-bond acceptors (Lipinski definition) is 4. The van der Waals surface area contributed by atoms with E-state index in [-0.39, 0.29) is 12.6 Å². The Bertz CT molecular complexity index is 743. The van der Waals surface area contributed by atoms with Gasteiger partial charge in [-0.1, -0.05) is 63.9 Å². The van der Waals surface area contributed by atoms with Crippen LogP contribution in [-0.2, 0) is 16.0 Å². The van der Waals surface area contributed by atoms with Crippen molar-refractivity contribution in [2.24, 2.45) is 5.92 Å². The lowest BCUT2D eigenvalue weighted by Crippen LogP contribution is -2.46. The number of carbonyl (C=O) groups excluding carboxylic acids is 2. The van der Waals surface area contributed by atoms with Gasteiger partial charge in [0.05, 0.1) is 12.0 Å². The molecule has 0 aromatic heterocycles. The summed E-state index contributed by atoms with van der Waals surface area (Å²) in [6.07, 6.45) is -0.757. The second-order valence-electron chi connectivity index (χ2n) is 7.70. The Morgan fingerprint density at radius 2 is 1.83 bits per heavy atom. The quantitative estimate of drug-likeness (QED) is 0.514. The zero-order chi connectivity index (χ0) is 21.4. The van der Waals surface area contributed by atoms with E-state index in [2.05, 4.69) is 32.2 Å². The van der Waals surface area contributed by atoms with Gasteiger partial charge in [-0.15, -0.1) is 5.54 Å². The zero-order valence-corrected chi connectivity index (χ0v) is 19.0. The van der Waals surface area contributed by atoms with Crippen LogP contribution >= 0.6 is 0 Å². The molecule has 5 nitrogen and oxygen atoms in total. The minimum Gasteiger partial charge on any atom is -0.447 e. The molecule has 0 spiro atoms. The van der Waals surface area contributed by atoms with Gasteiger partial charge in [0.15, 0.2) is 0 Å². The number of cyclic esters (lactones) is 1. The lowest BCUT2D eigenvalue weighted by atomic mass is 9.96. The minimum absolute atomic E-state index is 0.176. The van der Waals surface area contributed by atoms with Gasteiger partial charge >= 0.3 is 6.09 Å². The van der Waals surface area contributed by atoms with E-state index in [0.717, 1.165) is 23.7 Å². The fourth-order valence-electron chi connectivity index (χ4n) is 3.82. The maximum atomic E-state index is 13.2. The molecule has 0 aliphatic carbocycles. The third kappa shape index (κ3) is 5.49. The van der Waals surface area contributed by atoms with Crippen LogP contribution in [0.1, 0.15) is 39.7 Å². The van der Waals surface area contributed by atoms with Crippen LogP contribution < -0.4 is 0 Å². The number of imide groups is 1. The van der Waals surface area contributed by atoms with Gasteiger partial charge in [-0.3, -0.25) is 4.79 Å². The Labute approximate surface area is 175 Å². The first-order valence-corrected chi connectivity index (χ1v) is 13.3. The van der Waals surface area contributed by atoms with Crippen molar-refractivity contribution in [1.82, 2.24) is 4.90 Å². The fraction of sp³-hybridized carbons (Fsp3) is 0.565. The van der Waals surface area contributed by atoms with Crippen molar-refractivity contribution in [1.29, 1.82) is 0 Å². The van der Waals surface area contributed by atoms with Crippen molar-refractivity contribution in [3.05, 3.63) is 35.9 Å². The van der Waals surface area contributed by atoms with Crippen LogP contribution in [0.5, 0.6) is 0 Å². The van der Waals surface area contributed by atoms with E-state index in [1.54, 1.807) is 0 Å². The van der Waals surface area contributed by atoms with Gasteiger partial charge in [0.25, 0.3) is 0 Å². The molecule has 3 atom stereocenters. The number of aliphatic hydroxyl groups is 1. The van der Waals surface area contributed by atoms with Crippen LogP contribution in [0.2, 0.25) is 18.1 Å². The molecule has 2 rings (SSSR count). The van der Waals surface area contributed by atoms with Crippen molar-refractivity contribution >= 4 is 20.1 Å². The molecule has 0 radical (unpaired) electrons. The Balaban J connectivity index is 2.19. The maximum Gasteiger partial charge on any atom is 0.416 e. The van der Waals surface area contributed by atoms with Crippen LogP contribution in [0.25, 0.3) is 0 Å². The van der Waals surface area contributed by atoms with Gasteiger partial charge in [-0.2, -0.15) is 0 Å². The smallest absolute Gasteiger partial charge is 0.416 e. The van der Waals surface area contributed by atoms with Crippen molar-refractivity contribution in [3.8, 4) is 11.5 Å². The summed E-state index contributed by atoms with van der Waals surface area (Å²) < 4.78 is 5.17. The van der Waals surface area contributed by atoms with E-state index in [4.69, 9.17) is 4.74 Å². The molecular weight excluding hydrogens is 382 g/mol. The summed E-state index contributed by atoms with van der Waals surface area (Å²) in [7, 11) is -1.72. The molecule has 1 fully saturated rings. The van der Waals surface area contributed by atoms with E-state index in [0.29, 0.717) is 12.8 Å². The number of carbonyl (C=O) groups is 2. The SMILES string of the molecule is CC[C@@H](C(=O)N1C(=O)OC[C@H]1Cc1ccccc1)[C@@H](O)C#C[Si](CC)(CC)CC. The van der Waals surface area contributed by atoms with Gasteiger partial charge in [0.1, 0.15) is 20.8 Å². The van der Waals surface area contributed by atoms with E-state index in [1.807, 2.05) is 37.3 Å². The second-order valence-corrected chi connectivity index (χ2v) is 12.6. The molecule has 0 unspecified atom stereocenters. The third-order valence-electron chi connectivity index (χ3n) is 6.17. The Hall–Kier alpha value is -2.10. The van der Waals surface area contributed by atoms with Crippen LogP contribution in [0.3, 0.4) is 0 Å². The fourth-order valence-corrected chi connectivity index (χ4v) is 6.31.